The highest BCUT2D eigenvalue weighted by Crippen LogP contribution is 2.30. The van der Waals surface area contributed by atoms with E-state index in [-0.39, 0.29) is 16.8 Å². The Morgan fingerprint density at radius 3 is 1.73 bits per heavy atom. The zero-order valence-corrected chi connectivity index (χ0v) is 39.9. The van der Waals surface area contributed by atoms with E-state index in [2.05, 4.69) is 74.5 Å². The van der Waals surface area contributed by atoms with Gasteiger partial charge in [0.15, 0.2) is 0 Å². The summed E-state index contributed by atoms with van der Waals surface area (Å²) >= 11 is 8.46. The van der Waals surface area contributed by atoms with Crippen LogP contribution in [0.25, 0.3) is 32.7 Å². The maximum Gasteiger partial charge on any atom is 0.338 e. The summed E-state index contributed by atoms with van der Waals surface area (Å²) in [5.41, 5.74) is 4.88. The van der Waals surface area contributed by atoms with Gasteiger partial charge in [0.05, 0.1) is 48.4 Å². The van der Waals surface area contributed by atoms with Crippen molar-refractivity contribution in [1.82, 2.24) is 13.9 Å². The fourth-order valence-corrected chi connectivity index (χ4v) is 8.44. The van der Waals surface area contributed by atoms with E-state index in [1.54, 1.807) is 60.8 Å². The molecule has 11 nitrogen and oxygen atoms in total. The predicted molar refractivity (Wildman–Crippen MR) is 251 cm³/mol. The number of aromatic amines is 2. The highest BCUT2D eigenvalue weighted by Gasteiger charge is 2.23. The van der Waals surface area contributed by atoms with Crippen LogP contribution in [0.3, 0.4) is 0 Å². The van der Waals surface area contributed by atoms with Gasteiger partial charge < -0.3 is 24.2 Å². The molecule has 2 N–H and O–H groups in total. The zero-order chi connectivity index (χ0) is 40.9. The summed E-state index contributed by atoms with van der Waals surface area (Å²) in [6.45, 7) is 5.90. The molecule has 0 unspecified atom stereocenters. The van der Waals surface area contributed by atoms with Gasteiger partial charge in [-0.05, 0) is 107 Å². The second-order valence-electron chi connectivity index (χ2n) is 10.9. The molecule has 0 saturated carbocycles. The van der Waals surface area contributed by atoms with Crippen molar-refractivity contribution >= 4 is 143 Å². The average Bonchev–Trinajstić information content (AvgIpc) is 3.96. The maximum atomic E-state index is 13.0. The van der Waals surface area contributed by atoms with Crippen molar-refractivity contribution in [1.29, 1.82) is 0 Å². The molecule has 290 valence electrons. The van der Waals surface area contributed by atoms with Crippen LogP contribution < -0.4 is 0 Å². The van der Waals surface area contributed by atoms with Crippen LogP contribution in [0.15, 0.2) is 108 Å². The Labute approximate surface area is 369 Å². The monoisotopic (exact) mass is 1210 g/mol. The molecule has 7 aromatic rings. The van der Waals surface area contributed by atoms with Crippen molar-refractivity contribution in [2.24, 2.45) is 0 Å². The summed E-state index contributed by atoms with van der Waals surface area (Å²) in [6.07, 6.45) is 5.20. The number of benzene rings is 4. The number of fused-ring (bicyclic) bond motifs is 3. The molecule has 7 rings (SSSR count). The molecule has 0 saturated heterocycles. The van der Waals surface area contributed by atoms with Gasteiger partial charge in [-0.3, -0.25) is 0 Å². The Morgan fingerprint density at radius 2 is 1.15 bits per heavy atom. The predicted octanol–water partition coefficient (Wildman–Crippen LogP) is 10.9. The molecule has 0 bridgehead atoms. The van der Waals surface area contributed by atoms with Gasteiger partial charge in [0.1, 0.15) is 0 Å². The molecule has 0 atom stereocenters. The Kier molecular flexibility index (Phi) is 18.4. The fraction of sp³-hybridized carbons (Fsp3) is 0.154. The summed E-state index contributed by atoms with van der Waals surface area (Å²) in [7, 11) is 0.321. The first-order chi connectivity index (χ1) is 26.4. The largest absolute Gasteiger partial charge is 0.465 e. The van der Waals surface area contributed by atoms with E-state index in [0.29, 0.717) is 31.2 Å². The number of esters is 3. The van der Waals surface area contributed by atoms with Crippen LogP contribution in [0, 0.1) is 14.1 Å². The molecule has 0 aliphatic rings. The summed E-state index contributed by atoms with van der Waals surface area (Å²) in [4.78, 5) is 41.0. The average molecular weight is 1220 g/mol. The van der Waals surface area contributed by atoms with Crippen LogP contribution in [0.1, 0.15) is 50.5 Å². The normalized spacial score (nSPS) is 10.4. The van der Waals surface area contributed by atoms with Gasteiger partial charge in [-0.2, -0.15) is 0 Å². The number of halogens is 4. The van der Waals surface area contributed by atoms with Gasteiger partial charge in [0.2, 0.25) is 0 Å². The van der Waals surface area contributed by atoms with E-state index in [1.165, 1.54) is 31.5 Å². The SMILES string of the molecule is CC.COC(=O)c1cccc2[nH]cc(I)c12.COC(=O)c1cccc2[nH]ccc12.COC(=O)c1cccc2c1c(I)cn2S(=O)(=O)c1ccc(C)cc1.II. The quantitative estimate of drug-likeness (QED) is 0.0983. The lowest BCUT2D eigenvalue weighted by Gasteiger charge is -2.08. The number of rotatable bonds is 5. The number of hydrogen-bond donors (Lipinski definition) is 2. The molecule has 0 radical (unpaired) electrons. The first-order valence-corrected chi connectivity index (χ1v) is 26.1. The molecule has 0 fully saturated rings. The molecule has 16 heteroatoms. The Balaban J connectivity index is 0.000000225. The smallest absolute Gasteiger partial charge is 0.338 e. The minimum Gasteiger partial charge on any atom is -0.465 e. The van der Waals surface area contributed by atoms with E-state index >= 15 is 0 Å². The van der Waals surface area contributed by atoms with Crippen molar-refractivity contribution in [2.45, 2.75) is 25.7 Å². The van der Waals surface area contributed by atoms with E-state index in [9.17, 15) is 22.8 Å². The first kappa shape index (κ1) is 46.2. The number of H-pyrrole nitrogens is 2. The third-order valence-corrected chi connectivity index (χ3v) is 11.2. The molecule has 0 amide bonds. The molecule has 3 heterocycles. The lowest BCUT2D eigenvalue weighted by atomic mass is 10.1. The third-order valence-electron chi connectivity index (χ3n) is 7.80. The lowest BCUT2D eigenvalue weighted by molar-refractivity contribution is 0.0594. The van der Waals surface area contributed by atoms with Crippen LogP contribution in [-0.4, -0.2) is 61.6 Å². The van der Waals surface area contributed by atoms with Gasteiger partial charge in [-0.15, -0.1) is 0 Å². The van der Waals surface area contributed by atoms with Gasteiger partial charge in [-0.1, -0.05) is 49.7 Å². The summed E-state index contributed by atoms with van der Waals surface area (Å²) in [6, 6.07) is 24.5. The minimum absolute atomic E-state index is 0.199. The highest BCUT2D eigenvalue weighted by molar-refractivity contribution is 15.0. The zero-order valence-electron chi connectivity index (χ0n) is 30.4. The third kappa shape index (κ3) is 10.8. The van der Waals surface area contributed by atoms with Crippen LogP contribution >= 0.6 is 82.4 Å². The first-order valence-electron chi connectivity index (χ1n) is 16.3. The highest BCUT2D eigenvalue weighted by atomic mass is 128. The Bertz CT molecular complexity index is 2510. The molecule has 0 aliphatic heterocycles. The summed E-state index contributed by atoms with van der Waals surface area (Å²) in [5.74, 6) is -1.10. The Hall–Kier alpha value is -3.22. The molecule has 0 aliphatic carbocycles. The summed E-state index contributed by atoms with van der Waals surface area (Å²) < 4.78 is 43.0. The van der Waals surface area contributed by atoms with Crippen molar-refractivity contribution in [2.75, 3.05) is 21.3 Å². The van der Waals surface area contributed by atoms with Crippen molar-refractivity contribution in [3.8, 4) is 0 Å². The lowest BCUT2D eigenvalue weighted by Crippen LogP contribution is -2.12. The molecule has 4 aromatic carbocycles. The van der Waals surface area contributed by atoms with Gasteiger partial charge in [-0.25, -0.2) is 26.8 Å². The molecular weight excluding hydrogens is 1180 g/mol. The molecule has 3 aromatic heterocycles. The number of carbonyl (C=O) groups excluding carboxylic acids is 3. The molecule has 55 heavy (non-hydrogen) atoms. The number of aromatic nitrogens is 3. The van der Waals surface area contributed by atoms with Crippen LogP contribution in [0.5, 0.6) is 0 Å². The molecular formula is C39H37I4N3O8S. The number of ether oxygens (including phenoxy) is 3. The van der Waals surface area contributed by atoms with Crippen molar-refractivity contribution < 1.29 is 37.0 Å². The Morgan fingerprint density at radius 1 is 0.636 bits per heavy atom. The summed E-state index contributed by atoms with van der Waals surface area (Å²) in [5, 5.41) is 2.40. The minimum atomic E-state index is -3.75. The number of nitrogens with zero attached hydrogens (tertiary/aromatic N) is 1. The topological polar surface area (TPSA) is 150 Å². The van der Waals surface area contributed by atoms with Gasteiger partial charge in [0, 0.05) is 90.2 Å². The van der Waals surface area contributed by atoms with Crippen LogP contribution in [0.4, 0.5) is 0 Å². The number of hydrogen-bond acceptors (Lipinski definition) is 8. The standard InChI is InChI=1S/C17H14INO4S.C10H8INO2.C10H9NO2.C2H6.I2/c1-11-6-8-12(9-7-11)24(21,22)19-10-14(18)16-13(17(20)23-2)4-3-5-15(16)19;1-14-10(13)6-3-2-4-8-9(6)7(11)5-12-8;1-13-10(12)8-3-2-4-9-7(8)5-6-11-9;2*1-2/h3-10H,1-2H3;2-5,12H,1H3;2-6,11H,1H3;1-2H3;. The van der Waals surface area contributed by atoms with E-state index in [0.717, 1.165) is 30.9 Å². The van der Waals surface area contributed by atoms with E-state index in [1.807, 2.05) is 79.9 Å². The van der Waals surface area contributed by atoms with Gasteiger partial charge in [0.25, 0.3) is 10.0 Å². The molecule has 0 spiro atoms. The van der Waals surface area contributed by atoms with Crippen molar-refractivity contribution in [3.63, 3.8) is 0 Å². The van der Waals surface area contributed by atoms with E-state index in [4.69, 9.17) is 9.47 Å². The number of nitrogens with one attached hydrogen (secondary N) is 2. The van der Waals surface area contributed by atoms with Crippen LogP contribution in [-0.2, 0) is 24.2 Å². The number of carbonyl (C=O) groups is 3. The van der Waals surface area contributed by atoms with Crippen LogP contribution in [0.2, 0.25) is 0 Å². The fourth-order valence-electron chi connectivity index (χ4n) is 5.31. The van der Waals surface area contributed by atoms with Gasteiger partial charge >= 0.3 is 17.9 Å². The maximum absolute atomic E-state index is 13.0. The second-order valence-corrected chi connectivity index (χ2v) is 15.0. The second kappa shape index (κ2) is 21.9. The van der Waals surface area contributed by atoms with Crippen molar-refractivity contribution in [3.05, 3.63) is 133 Å². The number of aryl methyl sites for hydroxylation is 1. The number of methoxy groups -OCH3 is 3. The van der Waals surface area contributed by atoms with E-state index < -0.39 is 16.0 Å².